The van der Waals surface area contributed by atoms with Crippen molar-refractivity contribution in [3.05, 3.63) is 16.1 Å². The molecular weight excluding hydrogens is 196 g/mol. The highest BCUT2D eigenvalue weighted by atomic mass is 32.1. The second kappa shape index (κ2) is 3.96. The van der Waals surface area contributed by atoms with E-state index in [0.717, 1.165) is 36.9 Å². The lowest BCUT2D eigenvalue weighted by molar-refractivity contribution is 0.171. The highest BCUT2D eigenvalue weighted by Crippen LogP contribution is 2.18. The van der Waals surface area contributed by atoms with Crippen molar-refractivity contribution in [2.45, 2.75) is 32.4 Å². The first-order valence-electron chi connectivity index (χ1n) is 4.92. The number of rotatable bonds is 3. The van der Waals surface area contributed by atoms with E-state index < -0.39 is 0 Å². The molecule has 0 aromatic carbocycles. The molecule has 78 valence electrons. The minimum atomic E-state index is 0.152. The molecule has 2 heterocycles. The summed E-state index contributed by atoms with van der Waals surface area (Å²) in [7, 11) is 0. The molecule has 1 aliphatic rings. The van der Waals surface area contributed by atoms with E-state index >= 15 is 0 Å². The second-order valence-corrected chi connectivity index (χ2v) is 5.04. The first kappa shape index (κ1) is 10.1. The maximum absolute atomic E-state index is 5.37. The Balaban J connectivity index is 1.87. The second-order valence-electron chi connectivity index (χ2n) is 4.10. The number of ether oxygens (including phenoxy) is 1. The number of hydrogen-bond acceptors (Lipinski definition) is 4. The summed E-state index contributed by atoms with van der Waals surface area (Å²) in [6.07, 6.45) is 1.09. The highest BCUT2D eigenvalue weighted by Gasteiger charge is 2.28. The molecule has 1 aromatic heterocycles. The zero-order valence-corrected chi connectivity index (χ0v) is 9.49. The van der Waals surface area contributed by atoms with Gasteiger partial charge in [-0.2, -0.15) is 0 Å². The molecule has 1 atom stereocenters. The summed E-state index contributed by atoms with van der Waals surface area (Å²) in [6, 6.07) is 0. The van der Waals surface area contributed by atoms with Gasteiger partial charge in [-0.25, -0.2) is 4.98 Å². The lowest BCUT2D eigenvalue weighted by atomic mass is 10.0. The van der Waals surface area contributed by atoms with Crippen molar-refractivity contribution in [2.24, 2.45) is 0 Å². The van der Waals surface area contributed by atoms with Gasteiger partial charge in [-0.15, -0.1) is 11.3 Å². The first-order valence-corrected chi connectivity index (χ1v) is 5.80. The van der Waals surface area contributed by atoms with E-state index in [4.69, 9.17) is 4.74 Å². The molecule has 0 radical (unpaired) electrons. The molecular formula is C10H16N2OS. The lowest BCUT2D eigenvalue weighted by Gasteiger charge is -2.22. The molecule has 0 spiro atoms. The van der Waals surface area contributed by atoms with E-state index in [0.29, 0.717) is 0 Å². The van der Waals surface area contributed by atoms with Gasteiger partial charge in [0.1, 0.15) is 5.01 Å². The van der Waals surface area contributed by atoms with Crippen LogP contribution >= 0.6 is 11.3 Å². The van der Waals surface area contributed by atoms with E-state index in [1.54, 1.807) is 11.3 Å². The molecule has 1 saturated heterocycles. The molecule has 14 heavy (non-hydrogen) atoms. The Labute approximate surface area is 88.5 Å². The topological polar surface area (TPSA) is 34.1 Å². The average molecular weight is 212 g/mol. The third kappa shape index (κ3) is 2.32. The zero-order chi connectivity index (χ0) is 10.0. The van der Waals surface area contributed by atoms with Gasteiger partial charge in [0.2, 0.25) is 0 Å². The number of aryl methyl sites for hydroxylation is 1. The smallest absolute Gasteiger partial charge is 0.107 e. The maximum Gasteiger partial charge on any atom is 0.107 e. The van der Waals surface area contributed by atoms with Crippen LogP contribution in [0.15, 0.2) is 5.38 Å². The van der Waals surface area contributed by atoms with Gasteiger partial charge in [-0.3, -0.25) is 0 Å². The summed E-state index contributed by atoms with van der Waals surface area (Å²) >= 11 is 1.72. The Hall–Kier alpha value is -0.450. The van der Waals surface area contributed by atoms with Crippen LogP contribution in [0.5, 0.6) is 0 Å². The quantitative estimate of drug-likeness (QED) is 0.828. The minimum Gasteiger partial charge on any atom is -0.379 e. The van der Waals surface area contributed by atoms with Crippen molar-refractivity contribution in [1.82, 2.24) is 10.3 Å². The molecule has 1 fully saturated rings. The van der Waals surface area contributed by atoms with E-state index in [1.807, 2.05) is 6.92 Å². The van der Waals surface area contributed by atoms with Crippen molar-refractivity contribution in [1.29, 1.82) is 0 Å². The van der Waals surface area contributed by atoms with Crippen LogP contribution in [-0.2, 0) is 11.3 Å². The summed E-state index contributed by atoms with van der Waals surface area (Å²) in [6.45, 7) is 6.79. The first-order chi connectivity index (χ1) is 6.68. The van der Waals surface area contributed by atoms with Gasteiger partial charge in [-0.05, 0) is 20.3 Å². The molecule has 1 aromatic rings. The Kier molecular flexibility index (Phi) is 2.85. The molecule has 3 nitrogen and oxygen atoms in total. The third-order valence-electron chi connectivity index (χ3n) is 2.55. The SMILES string of the molecule is Cc1csc(CNC2(C)CCOC2)n1. The predicted molar refractivity (Wildman–Crippen MR) is 57.5 cm³/mol. The molecule has 0 aliphatic carbocycles. The molecule has 0 amide bonds. The van der Waals surface area contributed by atoms with Crippen LogP contribution in [0.4, 0.5) is 0 Å². The van der Waals surface area contributed by atoms with Crippen molar-refractivity contribution in [3.63, 3.8) is 0 Å². The van der Waals surface area contributed by atoms with E-state index in [1.165, 1.54) is 0 Å². The van der Waals surface area contributed by atoms with Crippen molar-refractivity contribution >= 4 is 11.3 Å². The molecule has 1 aliphatic heterocycles. The van der Waals surface area contributed by atoms with Crippen LogP contribution in [0.3, 0.4) is 0 Å². The standard InChI is InChI=1S/C10H16N2OS/c1-8-6-14-9(12-8)5-11-10(2)3-4-13-7-10/h6,11H,3-5,7H2,1-2H3. The predicted octanol–water partition coefficient (Wildman–Crippen LogP) is 1.72. The van der Waals surface area contributed by atoms with Gasteiger partial charge in [0.05, 0.1) is 6.61 Å². The Bertz CT molecular complexity index is 305. The average Bonchev–Trinajstić information content (AvgIpc) is 2.73. The number of nitrogens with zero attached hydrogens (tertiary/aromatic N) is 1. The van der Waals surface area contributed by atoms with Gasteiger partial charge in [0.15, 0.2) is 0 Å². The fourth-order valence-corrected chi connectivity index (χ4v) is 2.29. The molecule has 0 bridgehead atoms. The van der Waals surface area contributed by atoms with Crippen LogP contribution < -0.4 is 5.32 Å². The van der Waals surface area contributed by atoms with Crippen molar-refractivity contribution < 1.29 is 4.74 Å². The van der Waals surface area contributed by atoms with Gasteiger partial charge in [-0.1, -0.05) is 0 Å². The summed E-state index contributed by atoms with van der Waals surface area (Å²) in [4.78, 5) is 4.42. The molecule has 1 N–H and O–H groups in total. The Morgan fingerprint density at radius 3 is 3.14 bits per heavy atom. The Morgan fingerprint density at radius 2 is 2.57 bits per heavy atom. The summed E-state index contributed by atoms with van der Waals surface area (Å²) in [5.41, 5.74) is 1.26. The number of aromatic nitrogens is 1. The van der Waals surface area contributed by atoms with Crippen LogP contribution in [0, 0.1) is 6.92 Å². The summed E-state index contributed by atoms with van der Waals surface area (Å²) in [5.74, 6) is 0. The number of thiazole rings is 1. The number of nitrogens with one attached hydrogen (secondary N) is 1. The lowest BCUT2D eigenvalue weighted by Crippen LogP contribution is -2.42. The summed E-state index contributed by atoms with van der Waals surface area (Å²) < 4.78 is 5.37. The third-order valence-corrected chi connectivity index (χ3v) is 3.52. The highest BCUT2D eigenvalue weighted by molar-refractivity contribution is 7.09. The summed E-state index contributed by atoms with van der Waals surface area (Å²) in [5, 5.41) is 6.76. The normalized spacial score (nSPS) is 27.0. The van der Waals surface area contributed by atoms with Crippen molar-refractivity contribution in [3.8, 4) is 0 Å². The van der Waals surface area contributed by atoms with E-state index in [2.05, 4.69) is 22.6 Å². The molecule has 4 heteroatoms. The van der Waals surface area contributed by atoms with Gasteiger partial charge >= 0.3 is 0 Å². The van der Waals surface area contributed by atoms with E-state index in [9.17, 15) is 0 Å². The van der Waals surface area contributed by atoms with Crippen LogP contribution in [0.25, 0.3) is 0 Å². The van der Waals surface area contributed by atoms with Gasteiger partial charge in [0.25, 0.3) is 0 Å². The van der Waals surface area contributed by atoms with Gasteiger partial charge in [0, 0.05) is 29.8 Å². The van der Waals surface area contributed by atoms with Gasteiger partial charge < -0.3 is 10.1 Å². The van der Waals surface area contributed by atoms with E-state index in [-0.39, 0.29) is 5.54 Å². The fraction of sp³-hybridized carbons (Fsp3) is 0.700. The molecule has 2 rings (SSSR count). The Morgan fingerprint density at radius 1 is 1.71 bits per heavy atom. The van der Waals surface area contributed by atoms with Crippen LogP contribution in [-0.4, -0.2) is 23.7 Å². The number of hydrogen-bond donors (Lipinski definition) is 1. The maximum atomic E-state index is 5.37. The van der Waals surface area contributed by atoms with Crippen molar-refractivity contribution in [2.75, 3.05) is 13.2 Å². The monoisotopic (exact) mass is 212 g/mol. The molecule has 1 unspecified atom stereocenters. The van der Waals surface area contributed by atoms with Crippen LogP contribution in [0.2, 0.25) is 0 Å². The largest absolute Gasteiger partial charge is 0.379 e. The van der Waals surface area contributed by atoms with Crippen LogP contribution in [0.1, 0.15) is 24.0 Å². The fourth-order valence-electron chi connectivity index (χ4n) is 1.58. The minimum absolute atomic E-state index is 0.152. The molecule has 0 saturated carbocycles. The zero-order valence-electron chi connectivity index (χ0n) is 8.67.